The lowest BCUT2D eigenvalue weighted by atomic mass is 10.1. The van der Waals surface area contributed by atoms with E-state index >= 15 is 0 Å². The zero-order chi connectivity index (χ0) is 10.6. The molecule has 0 radical (unpaired) electrons. The third kappa shape index (κ3) is 2.50. The highest BCUT2D eigenvalue weighted by Crippen LogP contribution is 2.23. The lowest BCUT2D eigenvalue weighted by Crippen LogP contribution is -2.09. The maximum atomic E-state index is 9.71. The van der Waals surface area contributed by atoms with Crippen molar-refractivity contribution in [2.75, 3.05) is 7.11 Å². The molecule has 0 aliphatic heterocycles. The predicted molar refractivity (Wildman–Crippen MR) is 57.8 cm³/mol. The minimum Gasteiger partial charge on any atom is -0.497 e. The molecule has 1 aromatic carbocycles. The molecule has 1 rings (SSSR count). The number of rotatable bonds is 4. The predicted octanol–water partition coefficient (Wildman–Crippen LogP) is 2.52. The van der Waals surface area contributed by atoms with Crippen molar-refractivity contribution in [3.05, 3.63) is 42.5 Å². The Kier molecular flexibility index (Phi) is 3.98. The Hall–Kier alpha value is -0.990. The van der Waals surface area contributed by atoms with Crippen LogP contribution in [0.15, 0.2) is 36.9 Å². The summed E-state index contributed by atoms with van der Waals surface area (Å²) in [5.74, 6) is 0.755. The highest BCUT2D eigenvalue weighted by molar-refractivity contribution is 6.22. The fraction of sp³-hybridized carbons (Fsp3) is 0.273. The number of methoxy groups -OCH3 is 1. The summed E-state index contributed by atoms with van der Waals surface area (Å²) in [6, 6.07) is 7.13. The van der Waals surface area contributed by atoms with Gasteiger partial charge in [0, 0.05) is 0 Å². The van der Waals surface area contributed by atoms with E-state index in [1.54, 1.807) is 31.4 Å². The lowest BCUT2D eigenvalue weighted by molar-refractivity contribution is 0.185. The Morgan fingerprint density at radius 2 is 2.00 bits per heavy atom. The van der Waals surface area contributed by atoms with Crippen LogP contribution in [0.5, 0.6) is 5.75 Å². The van der Waals surface area contributed by atoms with E-state index < -0.39 is 11.5 Å². The maximum absolute atomic E-state index is 9.71. The van der Waals surface area contributed by atoms with E-state index in [1.165, 1.54) is 6.08 Å². The van der Waals surface area contributed by atoms with Gasteiger partial charge in [-0.25, -0.2) is 0 Å². The molecule has 0 aliphatic carbocycles. The summed E-state index contributed by atoms with van der Waals surface area (Å²) in [7, 11) is 1.60. The quantitative estimate of drug-likeness (QED) is 0.614. The molecule has 14 heavy (non-hydrogen) atoms. The molecule has 0 fully saturated rings. The molecule has 0 aliphatic rings. The highest BCUT2D eigenvalue weighted by Gasteiger charge is 2.14. The summed E-state index contributed by atoms with van der Waals surface area (Å²) in [6.45, 7) is 3.52. The van der Waals surface area contributed by atoms with Gasteiger partial charge in [-0.15, -0.1) is 18.2 Å². The summed E-state index contributed by atoms with van der Waals surface area (Å²) < 4.78 is 5.00. The second kappa shape index (κ2) is 5.03. The third-order valence-electron chi connectivity index (χ3n) is 1.98. The van der Waals surface area contributed by atoms with E-state index in [1.807, 2.05) is 0 Å². The molecule has 0 amide bonds. The van der Waals surface area contributed by atoms with Crippen LogP contribution in [0.2, 0.25) is 0 Å². The zero-order valence-electron chi connectivity index (χ0n) is 7.98. The van der Waals surface area contributed by atoms with E-state index in [4.69, 9.17) is 16.3 Å². The van der Waals surface area contributed by atoms with Crippen LogP contribution in [0.1, 0.15) is 11.7 Å². The lowest BCUT2D eigenvalue weighted by Gasteiger charge is -2.13. The second-order valence-electron chi connectivity index (χ2n) is 2.90. The van der Waals surface area contributed by atoms with Crippen LogP contribution in [0.25, 0.3) is 0 Å². The molecule has 0 saturated heterocycles. The number of benzene rings is 1. The van der Waals surface area contributed by atoms with Gasteiger partial charge in [-0.3, -0.25) is 0 Å². The first kappa shape index (κ1) is 11.1. The molecule has 3 heteroatoms. The van der Waals surface area contributed by atoms with E-state index in [9.17, 15) is 5.11 Å². The smallest absolute Gasteiger partial charge is 0.118 e. The van der Waals surface area contributed by atoms with Gasteiger partial charge in [-0.2, -0.15) is 0 Å². The van der Waals surface area contributed by atoms with Crippen molar-refractivity contribution in [1.29, 1.82) is 0 Å². The maximum Gasteiger partial charge on any atom is 0.118 e. The molecule has 0 saturated carbocycles. The fourth-order valence-corrected chi connectivity index (χ4v) is 1.26. The largest absolute Gasteiger partial charge is 0.497 e. The van der Waals surface area contributed by atoms with Crippen molar-refractivity contribution in [2.45, 2.75) is 11.5 Å². The first-order valence-corrected chi connectivity index (χ1v) is 4.71. The van der Waals surface area contributed by atoms with Gasteiger partial charge in [0.15, 0.2) is 0 Å². The molecule has 0 aromatic heterocycles. The standard InChI is InChI=1S/C11H13ClO2/c1-3-10(12)11(13)8-4-6-9(14-2)7-5-8/h3-7,10-11,13H,1H2,2H3/t10-,11+/m0/s1. The van der Waals surface area contributed by atoms with Crippen LogP contribution in [-0.2, 0) is 0 Å². The molecule has 0 bridgehead atoms. The first-order chi connectivity index (χ1) is 6.69. The monoisotopic (exact) mass is 212 g/mol. The van der Waals surface area contributed by atoms with E-state index in [2.05, 4.69) is 6.58 Å². The van der Waals surface area contributed by atoms with Crippen molar-refractivity contribution < 1.29 is 9.84 Å². The van der Waals surface area contributed by atoms with Crippen LogP contribution < -0.4 is 4.74 Å². The SMILES string of the molecule is C=C[C@H](Cl)[C@H](O)c1ccc(OC)cc1. The van der Waals surface area contributed by atoms with Gasteiger partial charge in [-0.1, -0.05) is 18.2 Å². The van der Waals surface area contributed by atoms with Crippen molar-refractivity contribution in [2.24, 2.45) is 0 Å². The van der Waals surface area contributed by atoms with Gasteiger partial charge >= 0.3 is 0 Å². The van der Waals surface area contributed by atoms with Crippen LogP contribution in [0, 0.1) is 0 Å². The third-order valence-corrected chi connectivity index (χ3v) is 2.40. The number of alkyl halides is 1. The highest BCUT2D eigenvalue weighted by atomic mass is 35.5. The minimum absolute atomic E-state index is 0.469. The molecule has 1 aromatic rings. The Bertz CT molecular complexity index is 295. The molecule has 0 unspecified atom stereocenters. The molecule has 0 heterocycles. The summed E-state index contributed by atoms with van der Waals surface area (Å²) in [5.41, 5.74) is 0.755. The number of halogens is 1. The summed E-state index contributed by atoms with van der Waals surface area (Å²) in [6.07, 6.45) is 0.788. The van der Waals surface area contributed by atoms with Gasteiger partial charge in [0.25, 0.3) is 0 Å². The molecule has 76 valence electrons. The number of hydrogen-bond acceptors (Lipinski definition) is 2. The summed E-state index contributed by atoms with van der Waals surface area (Å²) >= 11 is 5.82. The Balaban J connectivity index is 2.80. The van der Waals surface area contributed by atoms with Crippen molar-refractivity contribution >= 4 is 11.6 Å². The van der Waals surface area contributed by atoms with Crippen LogP contribution >= 0.6 is 11.6 Å². The van der Waals surface area contributed by atoms with E-state index in [-0.39, 0.29) is 0 Å². The van der Waals surface area contributed by atoms with Gasteiger partial charge < -0.3 is 9.84 Å². The molecule has 2 nitrogen and oxygen atoms in total. The molecule has 0 spiro atoms. The molecular formula is C11H13ClO2. The van der Waals surface area contributed by atoms with Crippen LogP contribution in [-0.4, -0.2) is 17.6 Å². The molecule has 1 N–H and O–H groups in total. The number of aliphatic hydroxyl groups is 1. The zero-order valence-corrected chi connectivity index (χ0v) is 8.74. The van der Waals surface area contributed by atoms with E-state index in [0.29, 0.717) is 0 Å². The minimum atomic E-state index is -0.722. The van der Waals surface area contributed by atoms with Crippen molar-refractivity contribution in [3.63, 3.8) is 0 Å². The molecule has 2 atom stereocenters. The van der Waals surface area contributed by atoms with Crippen molar-refractivity contribution in [3.8, 4) is 5.75 Å². The number of aliphatic hydroxyl groups excluding tert-OH is 1. The Morgan fingerprint density at radius 1 is 1.43 bits per heavy atom. The Morgan fingerprint density at radius 3 is 2.43 bits per heavy atom. The van der Waals surface area contributed by atoms with Crippen molar-refractivity contribution in [1.82, 2.24) is 0 Å². The summed E-state index contributed by atoms with van der Waals surface area (Å²) in [4.78, 5) is 0. The summed E-state index contributed by atoms with van der Waals surface area (Å²) in [5, 5.41) is 9.24. The average molecular weight is 213 g/mol. The van der Waals surface area contributed by atoms with Gasteiger partial charge in [0.1, 0.15) is 5.75 Å². The fourth-order valence-electron chi connectivity index (χ4n) is 1.11. The average Bonchev–Trinajstić information content (AvgIpc) is 2.27. The Labute approximate surface area is 88.8 Å². The topological polar surface area (TPSA) is 29.5 Å². The van der Waals surface area contributed by atoms with Crippen LogP contribution in [0.3, 0.4) is 0 Å². The number of ether oxygens (including phenoxy) is 1. The van der Waals surface area contributed by atoms with Crippen LogP contribution in [0.4, 0.5) is 0 Å². The van der Waals surface area contributed by atoms with Gasteiger partial charge in [-0.05, 0) is 17.7 Å². The van der Waals surface area contributed by atoms with Gasteiger partial charge in [0.2, 0.25) is 0 Å². The normalized spacial score (nSPS) is 14.5. The number of hydrogen-bond donors (Lipinski definition) is 1. The second-order valence-corrected chi connectivity index (χ2v) is 3.40. The van der Waals surface area contributed by atoms with Gasteiger partial charge in [0.05, 0.1) is 18.6 Å². The molecular weight excluding hydrogens is 200 g/mol. The first-order valence-electron chi connectivity index (χ1n) is 4.27. The van der Waals surface area contributed by atoms with E-state index in [0.717, 1.165) is 11.3 Å².